The van der Waals surface area contributed by atoms with E-state index in [0.717, 1.165) is 50.6 Å². The molecule has 0 spiro atoms. The molecule has 0 unspecified atom stereocenters. The van der Waals surface area contributed by atoms with Crippen molar-refractivity contribution in [2.75, 3.05) is 55.7 Å². The monoisotopic (exact) mass is 359 g/mol. The second-order valence-corrected chi connectivity index (χ2v) is 8.73. The predicted molar refractivity (Wildman–Crippen MR) is 106 cm³/mol. The smallest absolute Gasteiger partial charge is 0.150 e. The molecule has 136 valence electrons. The van der Waals surface area contributed by atoms with Gasteiger partial charge < -0.3 is 4.90 Å². The first kappa shape index (κ1) is 17.4. The molecular weight excluding hydrogens is 330 g/mol. The van der Waals surface area contributed by atoms with Gasteiger partial charge in [-0.3, -0.25) is 14.6 Å². The molecule has 1 saturated carbocycles. The van der Waals surface area contributed by atoms with E-state index in [-0.39, 0.29) is 0 Å². The highest BCUT2D eigenvalue weighted by Gasteiger charge is 2.28. The van der Waals surface area contributed by atoms with Crippen LogP contribution < -0.4 is 4.90 Å². The summed E-state index contributed by atoms with van der Waals surface area (Å²) in [5.41, 5.74) is 3.47. The van der Waals surface area contributed by atoms with E-state index in [1.807, 2.05) is 6.07 Å². The Labute approximate surface area is 155 Å². The molecule has 1 aliphatic carbocycles. The lowest BCUT2D eigenvalue weighted by atomic mass is 9.91. The number of hydrogen-bond donors (Lipinski definition) is 0. The van der Waals surface area contributed by atoms with Crippen LogP contribution in [0.15, 0.2) is 18.2 Å². The molecule has 0 atom stereocenters. The van der Waals surface area contributed by atoms with E-state index in [4.69, 9.17) is 0 Å². The molecule has 5 heteroatoms. The third kappa shape index (κ3) is 4.04. The SMILES string of the molecule is O=Cc1ccc(CN2CCSCC2)c(N2CCN(C3CCC3)CC2)c1. The Kier molecular flexibility index (Phi) is 5.63. The molecule has 1 aromatic carbocycles. The fourth-order valence-corrected chi connectivity index (χ4v) is 5.14. The van der Waals surface area contributed by atoms with Gasteiger partial charge in [0.15, 0.2) is 0 Å². The summed E-state index contributed by atoms with van der Waals surface area (Å²) < 4.78 is 0. The fourth-order valence-electron chi connectivity index (χ4n) is 4.16. The number of thioether (sulfide) groups is 1. The van der Waals surface area contributed by atoms with Crippen molar-refractivity contribution in [3.05, 3.63) is 29.3 Å². The van der Waals surface area contributed by atoms with Gasteiger partial charge in [0.25, 0.3) is 0 Å². The van der Waals surface area contributed by atoms with Crippen LogP contribution in [0.3, 0.4) is 0 Å². The van der Waals surface area contributed by atoms with Gasteiger partial charge in [-0.05, 0) is 24.5 Å². The van der Waals surface area contributed by atoms with Crippen molar-refractivity contribution in [1.82, 2.24) is 9.80 Å². The summed E-state index contributed by atoms with van der Waals surface area (Å²) in [7, 11) is 0. The average molecular weight is 360 g/mol. The maximum absolute atomic E-state index is 11.3. The van der Waals surface area contributed by atoms with E-state index in [1.165, 1.54) is 55.1 Å². The molecule has 2 saturated heterocycles. The predicted octanol–water partition coefficient (Wildman–Crippen LogP) is 2.72. The van der Waals surface area contributed by atoms with Gasteiger partial charge in [0.1, 0.15) is 6.29 Å². The topological polar surface area (TPSA) is 26.8 Å². The first-order valence-corrected chi connectivity index (χ1v) is 10.9. The molecule has 3 fully saturated rings. The largest absolute Gasteiger partial charge is 0.369 e. The number of carbonyl (C=O) groups excluding carboxylic acids is 1. The molecule has 2 heterocycles. The maximum atomic E-state index is 11.3. The number of benzene rings is 1. The zero-order valence-corrected chi connectivity index (χ0v) is 15.8. The van der Waals surface area contributed by atoms with Crippen molar-refractivity contribution in [2.24, 2.45) is 0 Å². The normalized spacial score (nSPS) is 23.4. The van der Waals surface area contributed by atoms with Crippen LogP contribution >= 0.6 is 11.8 Å². The maximum Gasteiger partial charge on any atom is 0.150 e. The number of hydrogen-bond acceptors (Lipinski definition) is 5. The quantitative estimate of drug-likeness (QED) is 0.754. The van der Waals surface area contributed by atoms with Gasteiger partial charge in [-0.1, -0.05) is 18.6 Å². The molecule has 0 N–H and O–H groups in total. The van der Waals surface area contributed by atoms with Crippen LogP contribution in [0.2, 0.25) is 0 Å². The van der Waals surface area contributed by atoms with Crippen molar-refractivity contribution in [3.63, 3.8) is 0 Å². The van der Waals surface area contributed by atoms with E-state index in [0.29, 0.717) is 0 Å². The van der Waals surface area contributed by atoms with Crippen LogP contribution in [0.5, 0.6) is 0 Å². The zero-order chi connectivity index (χ0) is 17.1. The second-order valence-electron chi connectivity index (χ2n) is 7.50. The zero-order valence-electron chi connectivity index (χ0n) is 15.0. The summed E-state index contributed by atoms with van der Waals surface area (Å²) >= 11 is 2.05. The molecular formula is C20H29N3OS. The Morgan fingerprint density at radius 3 is 2.44 bits per heavy atom. The Bertz CT molecular complexity index is 591. The van der Waals surface area contributed by atoms with Crippen molar-refractivity contribution in [3.8, 4) is 0 Å². The number of piperazine rings is 1. The molecule has 2 aliphatic heterocycles. The minimum Gasteiger partial charge on any atom is -0.369 e. The summed E-state index contributed by atoms with van der Waals surface area (Å²) in [6, 6.07) is 7.11. The lowest BCUT2D eigenvalue weighted by Gasteiger charge is -2.44. The van der Waals surface area contributed by atoms with E-state index in [9.17, 15) is 4.79 Å². The van der Waals surface area contributed by atoms with Crippen LogP contribution in [0, 0.1) is 0 Å². The van der Waals surface area contributed by atoms with Crippen LogP contribution in [0.25, 0.3) is 0 Å². The molecule has 3 aliphatic rings. The molecule has 0 bridgehead atoms. The Morgan fingerprint density at radius 2 is 1.80 bits per heavy atom. The minimum atomic E-state index is 0.800. The van der Waals surface area contributed by atoms with Crippen LogP contribution in [0.1, 0.15) is 35.2 Å². The number of nitrogens with zero attached hydrogens (tertiary/aromatic N) is 3. The summed E-state index contributed by atoms with van der Waals surface area (Å²) in [5.74, 6) is 2.48. The second kappa shape index (κ2) is 8.11. The Balaban J connectivity index is 1.47. The molecule has 1 aromatic rings. The highest BCUT2D eigenvalue weighted by atomic mass is 32.2. The van der Waals surface area contributed by atoms with E-state index < -0.39 is 0 Å². The Hall–Kier alpha value is -1.04. The van der Waals surface area contributed by atoms with Gasteiger partial charge in [0.2, 0.25) is 0 Å². The molecule has 4 rings (SSSR count). The summed E-state index contributed by atoms with van der Waals surface area (Å²) in [4.78, 5) is 19.0. The van der Waals surface area contributed by atoms with Gasteiger partial charge in [-0.2, -0.15) is 11.8 Å². The lowest BCUT2D eigenvalue weighted by Crippen LogP contribution is -2.52. The standard InChI is InChI=1S/C20H29N3OS/c24-16-17-4-5-18(15-21-10-12-25-13-11-21)20(14-17)23-8-6-22(7-9-23)19-2-1-3-19/h4-5,14,16,19H,1-3,6-13,15H2. The highest BCUT2D eigenvalue weighted by molar-refractivity contribution is 7.99. The molecule has 0 radical (unpaired) electrons. The number of rotatable bonds is 5. The average Bonchev–Trinajstić information content (AvgIpc) is 2.62. The molecule has 0 amide bonds. The first-order valence-electron chi connectivity index (χ1n) is 9.71. The van der Waals surface area contributed by atoms with Crippen molar-refractivity contribution in [1.29, 1.82) is 0 Å². The van der Waals surface area contributed by atoms with Gasteiger partial charge in [0.05, 0.1) is 0 Å². The fraction of sp³-hybridized carbons (Fsp3) is 0.650. The molecule has 4 nitrogen and oxygen atoms in total. The van der Waals surface area contributed by atoms with E-state index in [1.54, 1.807) is 0 Å². The van der Waals surface area contributed by atoms with Gasteiger partial charge >= 0.3 is 0 Å². The van der Waals surface area contributed by atoms with Crippen molar-refractivity contribution >= 4 is 23.7 Å². The summed E-state index contributed by atoms with van der Waals surface area (Å²) in [5, 5.41) is 0. The number of carbonyl (C=O) groups is 1. The summed E-state index contributed by atoms with van der Waals surface area (Å²) in [6.45, 7) is 7.86. The van der Waals surface area contributed by atoms with Crippen LogP contribution in [-0.4, -0.2) is 72.9 Å². The van der Waals surface area contributed by atoms with Crippen molar-refractivity contribution in [2.45, 2.75) is 31.8 Å². The number of anilines is 1. The third-order valence-electron chi connectivity index (χ3n) is 5.99. The van der Waals surface area contributed by atoms with Gasteiger partial charge in [-0.15, -0.1) is 0 Å². The minimum absolute atomic E-state index is 0.800. The lowest BCUT2D eigenvalue weighted by molar-refractivity contribution is 0.112. The van der Waals surface area contributed by atoms with Crippen LogP contribution in [-0.2, 0) is 6.54 Å². The number of aldehydes is 1. The van der Waals surface area contributed by atoms with E-state index >= 15 is 0 Å². The summed E-state index contributed by atoms with van der Waals surface area (Å²) in [6.07, 6.45) is 5.16. The van der Waals surface area contributed by atoms with Gasteiger partial charge in [0, 0.05) is 74.6 Å². The first-order chi connectivity index (χ1) is 12.3. The third-order valence-corrected chi connectivity index (χ3v) is 6.93. The van der Waals surface area contributed by atoms with E-state index in [2.05, 4.69) is 38.6 Å². The molecule has 25 heavy (non-hydrogen) atoms. The van der Waals surface area contributed by atoms with Crippen LogP contribution in [0.4, 0.5) is 5.69 Å². The highest BCUT2D eigenvalue weighted by Crippen LogP contribution is 2.29. The molecule has 0 aromatic heterocycles. The van der Waals surface area contributed by atoms with Crippen molar-refractivity contribution < 1.29 is 4.79 Å². The Morgan fingerprint density at radius 1 is 1.04 bits per heavy atom. The van der Waals surface area contributed by atoms with Gasteiger partial charge in [-0.25, -0.2) is 0 Å².